The lowest BCUT2D eigenvalue weighted by atomic mass is 10.1. The van der Waals surface area contributed by atoms with E-state index in [0.29, 0.717) is 6.54 Å². The van der Waals surface area contributed by atoms with Gasteiger partial charge in [-0.1, -0.05) is 30.3 Å². The first-order chi connectivity index (χ1) is 9.72. The summed E-state index contributed by atoms with van der Waals surface area (Å²) in [6, 6.07) is 16.7. The topological polar surface area (TPSA) is 24.9 Å². The normalized spacial score (nSPS) is 10.7. The number of rotatable bonds is 3. The van der Waals surface area contributed by atoms with Gasteiger partial charge in [-0.2, -0.15) is 0 Å². The van der Waals surface area contributed by atoms with Crippen LogP contribution >= 0.6 is 31.9 Å². The van der Waals surface area contributed by atoms with Gasteiger partial charge in [-0.3, -0.25) is 4.98 Å². The standard InChI is InChI=1S/C16H12Br2N2/c17-13-8-15(18)16(20-9-13)10-19-14-6-5-11-3-1-2-4-12(11)7-14/h1-9,19H,10H2. The van der Waals surface area contributed by atoms with Crippen LogP contribution < -0.4 is 5.32 Å². The van der Waals surface area contributed by atoms with E-state index >= 15 is 0 Å². The molecule has 1 heterocycles. The number of aromatic nitrogens is 1. The fraction of sp³-hybridized carbons (Fsp3) is 0.0625. The zero-order chi connectivity index (χ0) is 13.9. The Morgan fingerprint density at radius 3 is 2.55 bits per heavy atom. The molecule has 3 rings (SSSR count). The third-order valence-corrected chi connectivity index (χ3v) is 4.21. The lowest BCUT2D eigenvalue weighted by molar-refractivity contribution is 1.03. The first-order valence-electron chi connectivity index (χ1n) is 6.25. The molecule has 0 unspecified atom stereocenters. The number of hydrogen-bond donors (Lipinski definition) is 1. The molecule has 4 heteroatoms. The molecule has 0 aliphatic carbocycles. The van der Waals surface area contributed by atoms with Gasteiger partial charge in [0, 0.05) is 20.8 Å². The van der Waals surface area contributed by atoms with Crippen molar-refractivity contribution in [3.63, 3.8) is 0 Å². The number of benzene rings is 2. The summed E-state index contributed by atoms with van der Waals surface area (Å²) < 4.78 is 1.97. The molecule has 0 spiro atoms. The molecule has 0 aliphatic heterocycles. The van der Waals surface area contributed by atoms with Gasteiger partial charge >= 0.3 is 0 Å². The van der Waals surface area contributed by atoms with Crippen LogP contribution in [0.25, 0.3) is 10.8 Å². The minimum Gasteiger partial charge on any atom is -0.379 e. The summed E-state index contributed by atoms with van der Waals surface area (Å²) in [5.74, 6) is 0. The summed E-state index contributed by atoms with van der Waals surface area (Å²) in [4.78, 5) is 4.40. The van der Waals surface area contributed by atoms with Crippen molar-refractivity contribution >= 4 is 48.3 Å². The molecular weight excluding hydrogens is 380 g/mol. The SMILES string of the molecule is Brc1cnc(CNc2ccc3ccccc3c2)c(Br)c1. The van der Waals surface area contributed by atoms with Crippen LogP contribution in [0.4, 0.5) is 5.69 Å². The molecule has 0 saturated carbocycles. The van der Waals surface area contributed by atoms with Crippen molar-refractivity contribution in [2.75, 3.05) is 5.32 Å². The zero-order valence-electron chi connectivity index (χ0n) is 10.6. The molecule has 1 N–H and O–H groups in total. The van der Waals surface area contributed by atoms with E-state index in [1.807, 2.05) is 12.3 Å². The number of nitrogens with zero attached hydrogens (tertiary/aromatic N) is 1. The molecule has 0 aliphatic rings. The maximum atomic E-state index is 4.40. The van der Waals surface area contributed by atoms with Crippen molar-refractivity contribution in [1.82, 2.24) is 4.98 Å². The zero-order valence-corrected chi connectivity index (χ0v) is 13.8. The second-order valence-corrected chi connectivity index (χ2v) is 6.27. The largest absolute Gasteiger partial charge is 0.379 e. The van der Waals surface area contributed by atoms with Crippen molar-refractivity contribution in [2.45, 2.75) is 6.54 Å². The average molecular weight is 392 g/mol. The molecule has 2 aromatic carbocycles. The van der Waals surface area contributed by atoms with E-state index < -0.39 is 0 Å². The number of anilines is 1. The Kier molecular flexibility index (Phi) is 4.03. The lowest BCUT2D eigenvalue weighted by Gasteiger charge is -2.09. The van der Waals surface area contributed by atoms with Gasteiger partial charge in [0.25, 0.3) is 0 Å². The molecule has 20 heavy (non-hydrogen) atoms. The van der Waals surface area contributed by atoms with E-state index in [-0.39, 0.29) is 0 Å². The number of fused-ring (bicyclic) bond motifs is 1. The van der Waals surface area contributed by atoms with Crippen molar-refractivity contribution < 1.29 is 0 Å². The first kappa shape index (κ1) is 13.6. The van der Waals surface area contributed by atoms with Gasteiger partial charge in [-0.05, 0) is 60.8 Å². The Morgan fingerprint density at radius 1 is 0.950 bits per heavy atom. The van der Waals surface area contributed by atoms with Gasteiger partial charge in [0.05, 0.1) is 12.2 Å². The van der Waals surface area contributed by atoms with Gasteiger partial charge < -0.3 is 5.32 Å². The van der Waals surface area contributed by atoms with Crippen LogP contribution in [0, 0.1) is 0 Å². The highest BCUT2D eigenvalue weighted by Gasteiger charge is 2.02. The van der Waals surface area contributed by atoms with Crippen molar-refractivity contribution in [3.05, 3.63) is 69.4 Å². The van der Waals surface area contributed by atoms with Crippen LogP contribution in [0.5, 0.6) is 0 Å². The highest BCUT2D eigenvalue weighted by Crippen LogP contribution is 2.22. The van der Waals surface area contributed by atoms with Crippen LogP contribution in [0.1, 0.15) is 5.69 Å². The minimum absolute atomic E-state index is 0.687. The number of pyridine rings is 1. The number of halogens is 2. The molecule has 3 aromatic rings. The fourth-order valence-corrected chi connectivity index (χ4v) is 3.19. The van der Waals surface area contributed by atoms with Crippen LogP contribution in [-0.4, -0.2) is 4.98 Å². The van der Waals surface area contributed by atoms with Crippen LogP contribution in [-0.2, 0) is 6.54 Å². The van der Waals surface area contributed by atoms with Gasteiger partial charge in [-0.25, -0.2) is 0 Å². The second-order valence-electron chi connectivity index (χ2n) is 4.50. The summed E-state index contributed by atoms with van der Waals surface area (Å²) in [5.41, 5.74) is 2.08. The van der Waals surface area contributed by atoms with E-state index in [0.717, 1.165) is 20.3 Å². The lowest BCUT2D eigenvalue weighted by Crippen LogP contribution is -2.02. The Hall–Kier alpha value is -1.39. The van der Waals surface area contributed by atoms with Crippen LogP contribution in [0.2, 0.25) is 0 Å². The fourth-order valence-electron chi connectivity index (χ4n) is 2.06. The highest BCUT2D eigenvalue weighted by molar-refractivity contribution is 9.11. The van der Waals surface area contributed by atoms with E-state index in [2.05, 4.69) is 84.6 Å². The molecule has 0 bridgehead atoms. The Morgan fingerprint density at radius 2 is 1.75 bits per heavy atom. The third-order valence-electron chi connectivity index (χ3n) is 3.09. The smallest absolute Gasteiger partial charge is 0.0737 e. The molecule has 2 nitrogen and oxygen atoms in total. The number of hydrogen-bond acceptors (Lipinski definition) is 2. The van der Waals surface area contributed by atoms with E-state index in [1.165, 1.54) is 10.8 Å². The molecule has 1 aromatic heterocycles. The van der Waals surface area contributed by atoms with Crippen LogP contribution in [0.3, 0.4) is 0 Å². The van der Waals surface area contributed by atoms with Gasteiger partial charge in [0.1, 0.15) is 0 Å². The first-order valence-corrected chi connectivity index (χ1v) is 7.83. The van der Waals surface area contributed by atoms with E-state index in [9.17, 15) is 0 Å². The Balaban J connectivity index is 1.79. The summed E-state index contributed by atoms with van der Waals surface area (Å²) in [6.45, 7) is 0.687. The number of nitrogens with one attached hydrogen (secondary N) is 1. The molecule has 0 saturated heterocycles. The predicted molar refractivity (Wildman–Crippen MR) is 90.9 cm³/mol. The maximum absolute atomic E-state index is 4.40. The molecule has 0 atom stereocenters. The van der Waals surface area contributed by atoms with Crippen molar-refractivity contribution in [2.24, 2.45) is 0 Å². The maximum Gasteiger partial charge on any atom is 0.0737 e. The Bertz CT molecular complexity index is 756. The molecular formula is C16H12Br2N2. The summed E-state index contributed by atoms with van der Waals surface area (Å²) >= 11 is 6.93. The van der Waals surface area contributed by atoms with E-state index in [4.69, 9.17) is 0 Å². The molecule has 0 amide bonds. The second kappa shape index (κ2) is 5.94. The summed E-state index contributed by atoms with van der Waals surface area (Å²) in [6.07, 6.45) is 1.81. The van der Waals surface area contributed by atoms with Crippen molar-refractivity contribution in [3.8, 4) is 0 Å². The van der Waals surface area contributed by atoms with Gasteiger partial charge in [0.15, 0.2) is 0 Å². The average Bonchev–Trinajstić information content (AvgIpc) is 2.46. The molecule has 0 radical (unpaired) electrons. The Labute approximate surface area is 134 Å². The highest BCUT2D eigenvalue weighted by atomic mass is 79.9. The minimum atomic E-state index is 0.687. The van der Waals surface area contributed by atoms with Gasteiger partial charge in [0.2, 0.25) is 0 Å². The van der Waals surface area contributed by atoms with Crippen LogP contribution in [0.15, 0.2) is 63.7 Å². The quantitative estimate of drug-likeness (QED) is 0.648. The third kappa shape index (κ3) is 3.02. The summed E-state index contributed by atoms with van der Waals surface area (Å²) in [7, 11) is 0. The van der Waals surface area contributed by atoms with Gasteiger partial charge in [-0.15, -0.1) is 0 Å². The molecule has 0 fully saturated rings. The predicted octanol–water partition coefficient (Wildman–Crippen LogP) is 5.37. The summed E-state index contributed by atoms with van der Waals surface area (Å²) in [5, 5.41) is 5.89. The van der Waals surface area contributed by atoms with E-state index in [1.54, 1.807) is 0 Å². The van der Waals surface area contributed by atoms with Crippen molar-refractivity contribution in [1.29, 1.82) is 0 Å². The molecule has 100 valence electrons. The monoisotopic (exact) mass is 390 g/mol.